The Hall–Kier alpha value is -2.21. The van der Waals surface area contributed by atoms with Crippen molar-refractivity contribution in [2.75, 3.05) is 0 Å². The Balaban J connectivity index is 1.42. The minimum Gasteiger partial charge on any atom is -0.489 e. The molecular formula is C22H16Cl3N2O3. The van der Waals surface area contributed by atoms with E-state index in [1.807, 2.05) is 12.1 Å². The van der Waals surface area contributed by atoms with Gasteiger partial charge < -0.3 is 14.1 Å². The first-order chi connectivity index (χ1) is 14.6. The van der Waals surface area contributed by atoms with E-state index in [0.717, 1.165) is 29.7 Å². The third-order valence-electron chi connectivity index (χ3n) is 5.19. The number of rotatable bonds is 6. The van der Waals surface area contributed by atoms with Crippen LogP contribution < -0.4 is 4.74 Å². The standard InChI is InChI=1S/C22H16Cl3N2O3/c23-16-2-1-3-17(24)20(16)21-15(22(30-27-21)12-4-5-12)11-28-13-6-7-14(18(25)10-13)19-8-9-26-29-19/h1-3,6-7,10,12,19H,4-5,8,11H2. The Morgan fingerprint density at radius 3 is 2.53 bits per heavy atom. The van der Waals surface area contributed by atoms with E-state index in [1.54, 1.807) is 24.3 Å². The van der Waals surface area contributed by atoms with Gasteiger partial charge in [0, 0.05) is 23.5 Å². The van der Waals surface area contributed by atoms with Crippen LogP contribution in [-0.2, 0) is 11.4 Å². The second-order valence-corrected chi connectivity index (χ2v) is 8.49. The smallest absolute Gasteiger partial charge is 0.159 e. The summed E-state index contributed by atoms with van der Waals surface area (Å²) in [6, 6.07) is 10.9. The van der Waals surface area contributed by atoms with Crippen molar-refractivity contribution in [3.05, 3.63) is 68.4 Å². The van der Waals surface area contributed by atoms with Crippen LogP contribution in [0.2, 0.25) is 15.1 Å². The molecule has 0 spiro atoms. The van der Waals surface area contributed by atoms with Crippen molar-refractivity contribution in [1.82, 2.24) is 5.16 Å². The van der Waals surface area contributed by atoms with Crippen LogP contribution in [0.3, 0.4) is 0 Å². The molecule has 2 aromatic carbocycles. The van der Waals surface area contributed by atoms with Gasteiger partial charge in [-0.2, -0.15) is 0 Å². The monoisotopic (exact) mass is 461 g/mol. The SMILES string of the molecule is Clc1cc(OCc2c(-c3c(Cl)cccc3Cl)noc2C2CC2)ccc1C1C[C]=NO1. The zero-order valence-electron chi connectivity index (χ0n) is 15.7. The predicted octanol–water partition coefficient (Wildman–Crippen LogP) is 7.08. The van der Waals surface area contributed by atoms with Crippen LogP contribution in [0.4, 0.5) is 0 Å². The highest BCUT2D eigenvalue weighted by Gasteiger charge is 2.33. The maximum absolute atomic E-state index is 6.44. The van der Waals surface area contributed by atoms with E-state index >= 15 is 0 Å². The van der Waals surface area contributed by atoms with Gasteiger partial charge in [0.25, 0.3) is 0 Å². The van der Waals surface area contributed by atoms with Crippen LogP contribution in [0.1, 0.15) is 48.2 Å². The number of benzene rings is 2. The maximum Gasteiger partial charge on any atom is 0.159 e. The molecule has 2 aliphatic rings. The molecule has 30 heavy (non-hydrogen) atoms. The van der Waals surface area contributed by atoms with E-state index in [0.29, 0.717) is 44.4 Å². The van der Waals surface area contributed by atoms with Crippen molar-refractivity contribution >= 4 is 41.0 Å². The number of hydrogen-bond acceptors (Lipinski definition) is 5. The van der Waals surface area contributed by atoms with Gasteiger partial charge in [-0.3, -0.25) is 0 Å². The third-order valence-corrected chi connectivity index (χ3v) is 6.15. The molecule has 0 saturated heterocycles. The summed E-state index contributed by atoms with van der Waals surface area (Å²) in [4.78, 5) is 5.26. The molecule has 5 nitrogen and oxygen atoms in total. The van der Waals surface area contributed by atoms with Crippen molar-refractivity contribution in [2.45, 2.75) is 37.9 Å². The lowest BCUT2D eigenvalue weighted by Gasteiger charge is -2.13. The van der Waals surface area contributed by atoms with Gasteiger partial charge in [0.2, 0.25) is 0 Å². The maximum atomic E-state index is 6.44. The van der Waals surface area contributed by atoms with Crippen LogP contribution in [-0.4, -0.2) is 11.4 Å². The summed E-state index contributed by atoms with van der Waals surface area (Å²) >= 11 is 19.3. The number of halogens is 3. The molecular weight excluding hydrogens is 447 g/mol. The second-order valence-electron chi connectivity index (χ2n) is 7.26. The first-order valence-electron chi connectivity index (χ1n) is 9.55. The lowest BCUT2D eigenvalue weighted by molar-refractivity contribution is 0.0858. The third kappa shape index (κ3) is 3.78. The van der Waals surface area contributed by atoms with E-state index < -0.39 is 0 Å². The quantitative estimate of drug-likeness (QED) is 0.392. The Morgan fingerprint density at radius 2 is 1.87 bits per heavy atom. The average Bonchev–Trinajstić information content (AvgIpc) is 3.26. The highest BCUT2D eigenvalue weighted by atomic mass is 35.5. The molecule has 1 aliphatic carbocycles. The van der Waals surface area contributed by atoms with Gasteiger partial charge in [0.15, 0.2) is 6.10 Å². The Bertz CT molecular complexity index is 1100. The van der Waals surface area contributed by atoms with E-state index in [2.05, 4.69) is 16.5 Å². The fraction of sp³-hybridized carbons (Fsp3) is 0.273. The van der Waals surface area contributed by atoms with Gasteiger partial charge >= 0.3 is 0 Å². The lowest BCUT2D eigenvalue weighted by atomic mass is 10.0. The Morgan fingerprint density at radius 1 is 1.07 bits per heavy atom. The lowest BCUT2D eigenvalue weighted by Crippen LogP contribution is -2.01. The highest BCUT2D eigenvalue weighted by molar-refractivity contribution is 6.39. The minimum absolute atomic E-state index is 0.208. The summed E-state index contributed by atoms with van der Waals surface area (Å²) < 4.78 is 11.7. The average molecular weight is 463 g/mol. The molecule has 1 radical (unpaired) electrons. The highest BCUT2D eigenvalue weighted by Crippen LogP contribution is 2.46. The minimum atomic E-state index is -0.208. The number of nitrogens with zero attached hydrogens (tertiary/aromatic N) is 2. The first kappa shape index (κ1) is 19.7. The van der Waals surface area contributed by atoms with Crippen LogP contribution in [0, 0.1) is 0 Å². The number of aromatic nitrogens is 1. The van der Waals surface area contributed by atoms with Crippen molar-refractivity contribution < 1.29 is 14.1 Å². The summed E-state index contributed by atoms with van der Waals surface area (Å²) in [6.07, 6.45) is 5.29. The molecule has 5 rings (SSSR count). The van der Waals surface area contributed by atoms with E-state index in [-0.39, 0.29) is 12.7 Å². The zero-order chi connectivity index (χ0) is 20.7. The molecule has 0 bridgehead atoms. The molecule has 1 unspecified atom stereocenters. The fourth-order valence-electron chi connectivity index (χ4n) is 3.49. The number of hydrogen-bond donors (Lipinski definition) is 0. The predicted molar refractivity (Wildman–Crippen MR) is 116 cm³/mol. The normalized spacial score (nSPS) is 17.9. The molecule has 1 fully saturated rings. The van der Waals surface area contributed by atoms with Crippen molar-refractivity contribution in [3.63, 3.8) is 0 Å². The van der Waals surface area contributed by atoms with Crippen LogP contribution >= 0.6 is 34.8 Å². The van der Waals surface area contributed by atoms with Gasteiger partial charge in [-0.15, -0.1) is 0 Å². The van der Waals surface area contributed by atoms with Gasteiger partial charge in [0.1, 0.15) is 30.0 Å². The van der Waals surface area contributed by atoms with Gasteiger partial charge in [0.05, 0.1) is 20.6 Å². The Kier molecular flexibility index (Phi) is 5.35. The van der Waals surface area contributed by atoms with Crippen molar-refractivity contribution in [2.24, 2.45) is 5.16 Å². The van der Waals surface area contributed by atoms with Gasteiger partial charge in [-0.1, -0.05) is 57.2 Å². The summed E-state index contributed by atoms with van der Waals surface area (Å²) in [5.74, 6) is 1.81. The second kappa shape index (κ2) is 8.14. The molecule has 3 aromatic rings. The first-order valence-corrected chi connectivity index (χ1v) is 10.7. The fourth-order valence-corrected chi connectivity index (χ4v) is 4.36. The van der Waals surface area contributed by atoms with E-state index in [1.165, 1.54) is 0 Å². The topological polar surface area (TPSA) is 56.9 Å². The largest absolute Gasteiger partial charge is 0.489 e. The molecule has 0 amide bonds. The van der Waals surface area contributed by atoms with Crippen LogP contribution in [0.25, 0.3) is 11.3 Å². The zero-order valence-corrected chi connectivity index (χ0v) is 18.0. The van der Waals surface area contributed by atoms with Crippen LogP contribution in [0.15, 0.2) is 46.1 Å². The summed E-state index contributed by atoms with van der Waals surface area (Å²) in [5, 5.41) is 9.55. The van der Waals surface area contributed by atoms with Crippen LogP contribution in [0.5, 0.6) is 5.75 Å². The molecule has 1 aliphatic heterocycles. The Labute approximate surface area is 188 Å². The number of ether oxygens (including phenoxy) is 1. The summed E-state index contributed by atoms with van der Waals surface area (Å²) in [7, 11) is 0. The molecule has 1 atom stereocenters. The van der Waals surface area contributed by atoms with Gasteiger partial charge in [-0.25, -0.2) is 0 Å². The molecule has 8 heteroatoms. The van der Waals surface area contributed by atoms with E-state index in [9.17, 15) is 0 Å². The summed E-state index contributed by atoms with van der Waals surface area (Å²) in [5.41, 5.74) is 2.97. The molecule has 2 heterocycles. The molecule has 153 valence electrons. The molecule has 1 saturated carbocycles. The van der Waals surface area contributed by atoms with Crippen molar-refractivity contribution in [3.8, 4) is 17.0 Å². The van der Waals surface area contributed by atoms with E-state index in [4.69, 9.17) is 48.9 Å². The summed E-state index contributed by atoms with van der Waals surface area (Å²) in [6.45, 7) is 0.263. The van der Waals surface area contributed by atoms with Gasteiger partial charge in [-0.05, 0) is 37.1 Å². The molecule has 0 N–H and O–H groups in total. The van der Waals surface area contributed by atoms with Crippen molar-refractivity contribution in [1.29, 1.82) is 0 Å². The molecule has 1 aromatic heterocycles.